The number of rotatable bonds is 5. The van der Waals surface area contributed by atoms with Crippen molar-refractivity contribution in [1.29, 1.82) is 0 Å². The molecule has 0 fully saturated rings. The Kier molecular flexibility index (Phi) is 5.06. The van der Waals surface area contributed by atoms with Crippen LogP contribution >= 0.6 is 0 Å². The molecule has 0 N–H and O–H groups in total. The standard InChI is InChI=1S/C19H26N4O2/c1-13(2)25-16-7-5-6-14(10-16)12-22(3)19(24)15-8-9-17-18(11-15)23(4)21-20-17/h5-7,10,13,15H,8-9,11-12H2,1-4H3. The lowest BCUT2D eigenvalue weighted by molar-refractivity contribution is -0.135. The molecule has 1 aliphatic carbocycles. The van der Waals surface area contributed by atoms with E-state index in [4.69, 9.17) is 4.74 Å². The van der Waals surface area contributed by atoms with Gasteiger partial charge in [-0.1, -0.05) is 17.3 Å². The molecule has 0 spiro atoms. The molecule has 134 valence electrons. The van der Waals surface area contributed by atoms with Crippen molar-refractivity contribution >= 4 is 5.91 Å². The van der Waals surface area contributed by atoms with E-state index in [-0.39, 0.29) is 17.9 Å². The van der Waals surface area contributed by atoms with Crippen LogP contribution in [0.15, 0.2) is 24.3 Å². The molecule has 0 aliphatic heterocycles. The molecule has 1 aromatic carbocycles. The molecule has 1 aromatic heterocycles. The summed E-state index contributed by atoms with van der Waals surface area (Å²) in [6.45, 7) is 4.60. The molecule has 1 unspecified atom stereocenters. The van der Waals surface area contributed by atoms with E-state index in [0.717, 1.165) is 42.0 Å². The second-order valence-electron chi connectivity index (χ2n) is 7.05. The zero-order chi connectivity index (χ0) is 18.0. The van der Waals surface area contributed by atoms with Crippen molar-refractivity contribution in [3.63, 3.8) is 0 Å². The van der Waals surface area contributed by atoms with Crippen LogP contribution in [-0.2, 0) is 31.2 Å². The molecular weight excluding hydrogens is 316 g/mol. The number of amides is 1. The molecule has 0 radical (unpaired) electrons. The zero-order valence-corrected chi connectivity index (χ0v) is 15.4. The number of carbonyl (C=O) groups excluding carboxylic acids is 1. The number of nitrogens with zero attached hydrogens (tertiary/aromatic N) is 4. The Morgan fingerprint density at radius 1 is 1.44 bits per heavy atom. The predicted octanol–water partition coefficient (Wildman–Crippen LogP) is 2.37. The van der Waals surface area contributed by atoms with Gasteiger partial charge in [0.25, 0.3) is 0 Å². The van der Waals surface area contributed by atoms with E-state index >= 15 is 0 Å². The first-order valence-electron chi connectivity index (χ1n) is 8.82. The molecular formula is C19H26N4O2. The summed E-state index contributed by atoms with van der Waals surface area (Å²) in [5, 5.41) is 8.24. The Bertz CT molecular complexity index is 754. The van der Waals surface area contributed by atoms with Crippen molar-refractivity contribution in [2.24, 2.45) is 13.0 Å². The highest BCUT2D eigenvalue weighted by Crippen LogP contribution is 2.25. The largest absolute Gasteiger partial charge is 0.491 e. The van der Waals surface area contributed by atoms with E-state index in [0.29, 0.717) is 6.54 Å². The first-order valence-corrected chi connectivity index (χ1v) is 8.82. The van der Waals surface area contributed by atoms with Crippen molar-refractivity contribution in [2.45, 2.75) is 45.8 Å². The molecule has 6 nitrogen and oxygen atoms in total. The van der Waals surface area contributed by atoms with E-state index in [9.17, 15) is 4.79 Å². The lowest BCUT2D eigenvalue weighted by atomic mass is 9.88. The summed E-state index contributed by atoms with van der Waals surface area (Å²) in [7, 11) is 3.76. The Labute approximate surface area is 148 Å². The zero-order valence-electron chi connectivity index (χ0n) is 15.4. The van der Waals surface area contributed by atoms with Crippen molar-refractivity contribution < 1.29 is 9.53 Å². The molecule has 0 saturated heterocycles. The first-order chi connectivity index (χ1) is 11.9. The molecule has 1 amide bonds. The maximum Gasteiger partial charge on any atom is 0.226 e. The quantitative estimate of drug-likeness (QED) is 0.837. The fraction of sp³-hybridized carbons (Fsp3) is 0.526. The van der Waals surface area contributed by atoms with Gasteiger partial charge in [0, 0.05) is 33.0 Å². The molecule has 3 rings (SSSR count). The van der Waals surface area contributed by atoms with Crippen LogP contribution in [0.3, 0.4) is 0 Å². The SMILES string of the molecule is CC(C)Oc1cccc(CN(C)C(=O)C2CCc3nnn(C)c3C2)c1. The van der Waals surface area contributed by atoms with Crippen molar-refractivity contribution in [3.05, 3.63) is 41.2 Å². The third kappa shape index (κ3) is 4.00. The second kappa shape index (κ2) is 7.25. The van der Waals surface area contributed by atoms with Gasteiger partial charge in [-0.25, -0.2) is 0 Å². The van der Waals surface area contributed by atoms with Crippen LogP contribution in [0.4, 0.5) is 0 Å². The molecule has 1 atom stereocenters. The van der Waals surface area contributed by atoms with Gasteiger partial charge in [-0.3, -0.25) is 9.48 Å². The van der Waals surface area contributed by atoms with E-state index in [1.807, 2.05) is 57.1 Å². The number of hydrogen-bond acceptors (Lipinski definition) is 4. The maximum absolute atomic E-state index is 12.9. The minimum atomic E-state index is 0.00444. The topological polar surface area (TPSA) is 60.2 Å². The average molecular weight is 342 g/mol. The first kappa shape index (κ1) is 17.5. The van der Waals surface area contributed by atoms with E-state index < -0.39 is 0 Å². The molecule has 0 bridgehead atoms. The van der Waals surface area contributed by atoms with Gasteiger partial charge in [-0.15, -0.1) is 5.10 Å². The fourth-order valence-electron chi connectivity index (χ4n) is 3.37. The highest BCUT2D eigenvalue weighted by atomic mass is 16.5. The van der Waals surface area contributed by atoms with Crippen LogP contribution in [0.2, 0.25) is 0 Å². The van der Waals surface area contributed by atoms with Gasteiger partial charge in [-0.2, -0.15) is 0 Å². The number of fused-ring (bicyclic) bond motifs is 1. The van der Waals surface area contributed by atoms with E-state index in [1.165, 1.54) is 0 Å². The molecule has 0 saturated carbocycles. The summed E-state index contributed by atoms with van der Waals surface area (Å²) in [6.07, 6.45) is 2.52. The molecule has 1 aliphatic rings. The monoisotopic (exact) mass is 342 g/mol. The summed E-state index contributed by atoms with van der Waals surface area (Å²) in [5.74, 6) is 1.03. The molecule has 6 heteroatoms. The summed E-state index contributed by atoms with van der Waals surface area (Å²) in [4.78, 5) is 14.7. The van der Waals surface area contributed by atoms with Crippen molar-refractivity contribution in [2.75, 3.05) is 7.05 Å². The van der Waals surface area contributed by atoms with E-state index in [2.05, 4.69) is 10.3 Å². The fourth-order valence-corrected chi connectivity index (χ4v) is 3.37. The highest BCUT2D eigenvalue weighted by Gasteiger charge is 2.29. The summed E-state index contributed by atoms with van der Waals surface area (Å²) in [6, 6.07) is 7.96. The third-order valence-electron chi connectivity index (χ3n) is 4.61. The average Bonchev–Trinajstić information content (AvgIpc) is 2.94. The lowest BCUT2D eigenvalue weighted by Crippen LogP contribution is -2.35. The number of benzene rings is 1. The highest BCUT2D eigenvalue weighted by molar-refractivity contribution is 5.79. The van der Waals surface area contributed by atoms with E-state index in [1.54, 1.807) is 4.68 Å². The summed E-state index contributed by atoms with van der Waals surface area (Å²) >= 11 is 0. The minimum Gasteiger partial charge on any atom is -0.491 e. The van der Waals surface area contributed by atoms with Crippen LogP contribution in [0, 0.1) is 5.92 Å². The van der Waals surface area contributed by atoms with Gasteiger partial charge in [-0.05, 0) is 44.4 Å². The van der Waals surface area contributed by atoms with Gasteiger partial charge in [0.05, 0.1) is 17.5 Å². The maximum atomic E-state index is 12.9. The van der Waals surface area contributed by atoms with Crippen LogP contribution in [0.1, 0.15) is 37.2 Å². The smallest absolute Gasteiger partial charge is 0.226 e. The predicted molar refractivity (Wildman–Crippen MR) is 95.2 cm³/mol. The van der Waals surface area contributed by atoms with Gasteiger partial charge in [0.2, 0.25) is 5.91 Å². The minimum absolute atomic E-state index is 0.00444. The Hall–Kier alpha value is -2.37. The third-order valence-corrected chi connectivity index (χ3v) is 4.61. The van der Waals surface area contributed by atoms with Crippen LogP contribution in [0.25, 0.3) is 0 Å². The molecule has 25 heavy (non-hydrogen) atoms. The second-order valence-corrected chi connectivity index (χ2v) is 7.05. The van der Waals surface area contributed by atoms with Crippen LogP contribution < -0.4 is 4.74 Å². The van der Waals surface area contributed by atoms with Crippen molar-refractivity contribution in [3.8, 4) is 5.75 Å². The van der Waals surface area contributed by atoms with Gasteiger partial charge < -0.3 is 9.64 Å². The summed E-state index contributed by atoms with van der Waals surface area (Å²) in [5.41, 5.74) is 3.20. The van der Waals surface area contributed by atoms with Gasteiger partial charge >= 0.3 is 0 Å². The molecule has 2 aromatic rings. The van der Waals surface area contributed by atoms with Crippen LogP contribution in [-0.4, -0.2) is 39.0 Å². The van der Waals surface area contributed by atoms with Crippen molar-refractivity contribution in [1.82, 2.24) is 19.9 Å². The summed E-state index contributed by atoms with van der Waals surface area (Å²) < 4.78 is 7.53. The normalized spacial score (nSPS) is 16.6. The Morgan fingerprint density at radius 3 is 3.00 bits per heavy atom. The number of aromatic nitrogens is 3. The molecule has 1 heterocycles. The van der Waals surface area contributed by atoms with Crippen LogP contribution in [0.5, 0.6) is 5.75 Å². The number of hydrogen-bond donors (Lipinski definition) is 0. The van der Waals surface area contributed by atoms with Gasteiger partial charge in [0.1, 0.15) is 5.75 Å². The number of carbonyl (C=O) groups is 1. The Balaban J connectivity index is 1.64. The number of ether oxygens (including phenoxy) is 1. The Morgan fingerprint density at radius 2 is 2.24 bits per heavy atom. The number of aryl methyl sites for hydroxylation is 2. The van der Waals surface area contributed by atoms with Gasteiger partial charge in [0.15, 0.2) is 0 Å². The lowest BCUT2D eigenvalue weighted by Gasteiger charge is -2.26.